The van der Waals surface area contributed by atoms with E-state index in [2.05, 4.69) is 32.3 Å². The Morgan fingerprint density at radius 2 is 1.89 bits per heavy atom. The molecule has 1 saturated carbocycles. The Bertz CT molecular complexity index is 294. The minimum absolute atomic E-state index is 0.367. The molecule has 0 amide bonds. The molecule has 2 rings (SSSR count). The molecule has 2 fully saturated rings. The first-order chi connectivity index (χ1) is 9.30. The predicted octanol–water partition coefficient (Wildman–Crippen LogP) is 1.53. The number of aliphatic imine (C=N–C) groups is 1. The molecular formula is C14H28N4S. The molecule has 0 unspecified atom stereocenters. The zero-order chi connectivity index (χ0) is 13.6. The Labute approximate surface area is 121 Å². The van der Waals surface area contributed by atoms with Gasteiger partial charge in [-0.3, -0.25) is 9.89 Å². The minimum atomic E-state index is 0.367. The van der Waals surface area contributed by atoms with Crippen molar-refractivity contribution < 1.29 is 0 Å². The second kappa shape index (κ2) is 7.39. The first-order valence-electron chi connectivity index (χ1n) is 7.52. The lowest BCUT2D eigenvalue weighted by Crippen LogP contribution is -2.59. The molecule has 2 N–H and O–H groups in total. The van der Waals surface area contributed by atoms with Gasteiger partial charge >= 0.3 is 0 Å². The van der Waals surface area contributed by atoms with Gasteiger partial charge in [0.2, 0.25) is 0 Å². The molecule has 0 bridgehead atoms. The van der Waals surface area contributed by atoms with Crippen molar-refractivity contribution in [2.45, 2.75) is 37.6 Å². The van der Waals surface area contributed by atoms with Crippen molar-refractivity contribution in [3.63, 3.8) is 0 Å². The lowest BCUT2D eigenvalue weighted by Gasteiger charge is -2.48. The molecule has 0 aromatic carbocycles. The Morgan fingerprint density at radius 1 is 1.21 bits per heavy atom. The molecule has 0 atom stereocenters. The number of nitrogens with zero attached hydrogens (tertiary/aromatic N) is 2. The van der Waals surface area contributed by atoms with E-state index in [0.717, 1.165) is 12.5 Å². The minimum Gasteiger partial charge on any atom is -0.359 e. The second-order valence-corrected chi connectivity index (χ2v) is 6.78. The number of hydrogen-bond acceptors (Lipinski definition) is 3. The molecule has 0 aromatic rings. The Balaban J connectivity index is 2.01. The molecule has 4 nitrogen and oxygen atoms in total. The Hall–Kier alpha value is -0.420. The SMILES string of the molecule is CN=C(NC)NCC1(N2CCSCC2)CCCCC1. The highest BCUT2D eigenvalue weighted by atomic mass is 32.2. The molecule has 1 saturated heterocycles. The smallest absolute Gasteiger partial charge is 0.190 e. The van der Waals surface area contributed by atoms with Crippen LogP contribution in [0.5, 0.6) is 0 Å². The molecule has 5 heteroatoms. The van der Waals surface area contributed by atoms with E-state index in [9.17, 15) is 0 Å². The summed E-state index contributed by atoms with van der Waals surface area (Å²) in [5.74, 6) is 3.50. The fourth-order valence-corrected chi connectivity index (χ4v) is 4.28. The van der Waals surface area contributed by atoms with E-state index in [1.807, 2.05) is 14.1 Å². The van der Waals surface area contributed by atoms with Gasteiger partial charge in [-0.1, -0.05) is 19.3 Å². The van der Waals surface area contributed by atoms with Gasteiger partial charge in [0.05, 0.1) is 0 Å². The number of hydrogen-bond donors (Lipinski definition) is 2. The van der Waals surface area contributed by atoms with Crippen LogP contribution < -0.4 is 10.6 Å². The first-order valence-corrected chi connectivity index (χ1v) is 8.67. The summed E-state index contributed by atoms with van der Waals surface area (Å²) in [6.45, 7) is 3.54. The third-order valence-corrected chi connectivity index (χ3v) is 5.45. The zero-order valence-electron chi connectivity index (χ0n) is 12.4. The van der Waals surface area contributed by atoms with Crippen LogP contribution in [-0.2, 0) is 0 Å². The van der Waals surface area contributed by atoms with Crippen LogP contribution in [-0.4, -0.2) is 61.6 Å². The quantitative estimate of drug-likeness (QED) is 0.609. The van der Waals surface area contributed by atoms with Crippen LogP contribution in [0, 0.1) is 0 Å². The topological polar surface area (TPSA) is 39.7 Å². The number of thioether (sulfide) groups is 1. The number of nitrogens with one attached hydrogen (secondary N) is 2. The fourth-order valence-electron chi connectivity index (χ4n) is 3.38. The summed E-state index contributed by atoms with van der Waals surface area (Å²) >= 11 is 2.10. The molecular weight excluding hydrogens is 256 g/mol. The molecule has 110 valence electrons. The van der Waals surface area contributed by atoms with Crippen molar-refractivity contribution >= 4 is 17.7 Å². The van der Waals surface area contributed by atoms with Crippen LogP contribution in [0.3, 0.4) is 0 Å². The Kier molecular flexibility index (Phi) is 5.82. The van der Waals surface area contributed by atoms with E-state index in [1.165, 1.54) is 56.7 Å². The van der Waals surface area contributed by atoms with Crippen LogP contribution in [0.15, 0.2) is 4.99 Å². The normalized spacial score (nSPS) is 25.1. The van der Waals surface area contributed by atoms with Crippen molar-refractivity contribution in [1.82, 2.24) is 15.5 Å². The van der Waals surface area contributed by atoms with Crippen LogP contribution in [0.25, 0.3) is 0 Å². The number of guanidine groups is 1. The summed E-state index contributed by atoms with van der Waals surface area (Å²) in [5, 5.41) is 6.65. The average molecular weight is 284 g/mol. The van der Waals surface area contributed by atoms with Crippen molar-refractivity contribution in [2.24, 2.45) is 4.99 Å². The third kappa shape index (κ3) is 3.78. The number of rotatable bonds is 3. The molecule has 1 aliphatic carbocycles. The van der Waals surface area contributed by atoms with Gasteiger partial charge in [-0.2, -0.15) is 11.8 Å². The summed E-state index contributed by atoms with van der Waals surface area (Å²) in [4.78, 5) is 6.99. The molecule has 19 heavy (non-hydrogen) atoms. The summed E-state index contributed by atoms with van der Waals surface area (Å²) < 4.78 is 0. The summed E-state index contributed by atoms with van der Waals surface area (Å²) in [5.41, 5.74) is 0.367. The van der Waals surface area contributed by atoms with E-state index in [4.69, 9.17) is 0 Å². The van der Waals surface area contributed by atoms with Crippen LogP contribution in [0.4, 0.5) is 0 Å². The maximum atomic E-state index is 4.24. The van der Waals surface area contributed by atoms with Gasteiger partial charge in [-0.05, 0) is 12.8 Å². The van der Waals surface area contributed by atoms with Crippen molar-refractivity contribution in [2.75, 3.05) is 45.2 Å². The third-order valence-electron chi connectivity index (χ3n) is 4.51. The van der Waals surface area contributed by atoms with Crippen LogP contribution >= 0.6 is 11.8 Å². The van der Waals surface area contributed by atoms with Crippen molar-refractivity contribution in [1.29, 1.82) is 0 Å². The highest BCUT2D eigenvalue weighted by Crippen LogP contribution is 2.34. The van der Waals surface area contributed by atoms with E-state index in [-0.39, 0.29) is 0 Å². The van der Waals surface area contributed by atoms with Gasteiger partial charge in [-0.15, -0.1) is 0 Å². The van der Waals surface area contributed by atoms with Gasteiger partial charge < -0.3 is 10.6 Å². The lowest BCUT2D eigenvalue weighted by atomic mass is 9.80. The molecule has 0 radical (unpaired) electrons. The van der Waals surface area contributed by atoms with Crippen molar-refractivity contribution in [3.05, 3.63) is 0 Å². The Morgan fingerprint density at radius 3 is 2.47 bits per heavy atom. The molecule has 0 aromatic heterocycles. The second-order valence-electron chi connectivity index (χ2n) is 5.56. The average Bonchev–Trinajstić information content (AvgIpc) is 2.50. The van der Waals surface area contributed by atoms with E-state index < -0.39 is 0 Å². The molecule has 2 aliphatic rings. The fraction of sp³-hybridized carbons (Fsp3) is 0.929. The van der Waals surface area contributed by atoms with Crippen molar-refractivity contribution in [3.8, 4) is 0 Å². The summed E-state index contributed by atoms with van der Waals surface area (Å²) in [6.07, 6.45) is 6.84. The highest BCUT2D eigenvalue weighted by molar-refractivity contribution is 7.99. The van der Waals surface area contributed by atoms with E-state index in [0.29, 0.717) is 5.54 Å². The van der Waals surface area contributed by atoms with E-state index >= 15 is 0 Å². The van der Waals surface area contributed by atoms with Crippen LogP contribution in [0.1, 0.15) is 32.1 Å². The summed E-state index contributed by atoms with van der Waals surface area (Å²) in [7, 11) is 3.77. The largest absolute Gasteiger partial charge is 0.359 e. The first kappa shape index (κ1) is 15.0. The maximum Gasteiger partial charge on any atom is 0.190 e. The highest BCUT2D eigenvalue weighted by Gasteiger charge is 2.38. The van der Waals surface area contributed by atoms with Gasteiger partial charge in [0.15, 0.2) is 5.96 Å². The van der Waals surface area contributed by atoms with Gasteiger partial charge in [0.25, 0.3) is 0 Å². The molecule has 1 heterocycles. The lowest BCUT2D eigenvalue weighted by molar-refractivity contribution is 0.0626. The molecule has 0 spiro atoms. The van der Waals surface area contributed by atoms with Gasteiger partial charge in [0.1, 0.15) is 0 Å². The van der Waals surface area contributed by atoms with Gasteiger partial charge in [0, 0.05) is 50.8 Å². The van der Waals surface area contributed by atoms with Crippen LogP contribution in [0.2, 0.25) is 0 Å². The molecule has 1 aliphatic heterocycles. The monoisotopic (exact) mass is 284 g/mol. The predicted molar refractivity (Wildman–Crippen MR) is 85.1 cm³/mol. The maximum absolute atomic E-state index is 4.24. The standard InChI is InChI=1S/C14H28N4S/c1-15-13(16-2)17-12-14(6-4-3-5-7-14)18-8-10-19-11-9-18/h3-12H2,1-2H3,(H2,15,16,17). The summed E-state index contributed by atoms with van der Waals surface area (Å²) in [6, 6.07) is 0. The van der Waals surface area contributed by atoms with E-state index in [1.54, 1.807) is 0 Å². The zero-order valence-corrected chi connectivity index (χ0v) is 13.2. The van der Waals surface area contributed by atoms with Gasteiger partial charge in [-0.25, -0.2) is 0 Å².